The molecule has 0 atom stereocenters. The van der Waals surface area contributed by atoms with Gasteiger partial charge in [0.2, 0.25) is 10.0 Å². The molecule has 0 spiro atoms. The van der Waals surface area contributed by atoms with Gasteiger partial charge >= 0.3 is 0 Å². The molecule has 0 fully saturated rings. The van der Waals surface area contributed by atoms with Gasteiger partial charge in [0.15, 0.2) is 6.61 Å². The normalized spacial score (nSPS) is 11.5. The molecule has 6 nitrogen and oxygen atoms in total. The maximum Gasteiger partial charge on any atom is 0.257 e. The van der Waals surface area contributed by atoms with E-state index in [9.17, 15) is 13.2 Å². The van der Waals surface area contributed by atoms with E-state index >= 15 is 0 Å². The second-order valence-electron chi connectivity index (χ2n) is 5.36. The lowest BCUT2D eigenvalue weighted by Gasteiger charge is -2.12. The fourth-order valence-electron chi connectivity index (χ4n) is 1.74. The standard InChI is InChI=1S/C15H23ClN2O4S/c1-4-5-8-17-15(19)10-22-14-7-6-12(9-13(14)16)23(20,21)18-11(2)3/h6-7,9,11,18H,4-5,8,10H2,1-3H3,(H,17,19). The molecule has 0 radical (unpaired) electrons. The van der Waals surface area contributed by atoms with Gasteiger partial charge in [-0.3, -0.25) is 4.79 Å². The largest absolute Gasteiger partial charge is 0.482 e. The molecular formula is C15H23ClN2O4S. The molecule has 130 valence electrons. The minimum atomic E-state index is -3.61. The topological polar surface area (TPSA) is 84.5 Å². The lowest BCUT2D eigenvalue weighted by molar-refractivity contribution is -0.123. The van der Waals surface area contributed by atoms with Gasteiger partial charge in [-0.05, 0) is 38.5 Å². The minimum Gasteiger partial charge on any atom is -0.482 e. The Morgan fingerprint density at radius 1 is 1.35 bits per heavy atom. The maximum absolute atomic E-state index is 12.0. The highest BCUT2D eigenvalue weighted by atomic mass is 35.5. The highest BCUT2D eigenvalue weighted by Crippen LogP contribution is 2.27. The number of halogens is 1. The summed E-state index contributed by atoms with van der Waals surface area (Å²) in [5.74, 6) is 0.0218. The van der Waals surface area contributed by atoms with Crippen molar-refractivity contribution in [2.75, 3.05) is 13.2 Å². The van der Waals surface area contributed by atoms with Gasteiger partial charge in [-0.25, -0.2) is 13.1 Å². The Bertz CT molecular complexity index is 632. The number of benzene rings is 1. The van der Waals surface area contributed by atoms with E-state index in [2.05, 4.69) is 10.0 Å². The van der Waals surface area contributed by atoms with Gasteiger partial charge in [-0.1, -0.05) is 24.9 Å². The molecule has 1 aromatic carbocycles. The lowest BCUT2D eigenvalue weighted by Crippen LogP contribution is -2.30. The predicted octanol–water partition coefficient (Wildman–Crippen LogP) is 2.32. The first-order valence-electron chi connectivity index (χ1n) is 7.47. The highest BCUT2D eigenvalue weighted by molar-refractivity contribution is 7.89. The molecule has 0 saturated heterocycles. The van der Waals surface area contributed by atoms with Gasteiger partial charge in [0.1, 0.15) is 5.75 Å². The Kier molecular flexibility index (Phi) is 7.81. The molecule has 0 bridgehead atoms. The Balaban J connectivity index is 2.68. The number of carbonyl (C=O) groups is 1. The van der Waals surface area contributed by atoms with Gasteiger partial charge in [-0.15, -0.1) is 0 Å². The van der Waals surface area contributed by atoms with Gasteiger partial charge in [-0.2, -0.15) is 0 Å². The maximum atomic E-state index is 12.0. The summed E-state index contributed by atoms with van der Waals surface area (Å²) in [5.41, 5.74) is 0. The van der Waals surface area contributed by atoms with Gasteiger partial charge in [0.05, 0.1) is 9.92 Å². The van der Waals surface area contributed by atoms with E-state index in [0.29, 0.717) is 6.54 Å². The molecular weight excluding hydrogens is 340 g/mol. The SMILES string of the molecule is CCCCNC(=O)COc1ccc(S(=O)(=O)NC(C)C)cc1Cl. The van der Waals surface area contributed by atoms with Gasteiger partial charge < -0.3 is 10.1 Å². The molecule has 1 aromatic rings. The lowest BCUT2D eigenvalue weighted by atomic mass is 10.3. The van der Waals surface area contributed by atoms with Crippen molar-refractivity contribution in [3.63, 3.8) is 0 Å². The van der Waals surface area contributed by atoms with Gasteiger partial charge in [0, 0.05) is 12.6 Å². The van der Waals surface area contributed by atoms with E-state index in [1.165, 1.54) is 18.2 Å². The first kappa shape index (κ1) is 19.7. The summed E-state index contributed by atoms with van der Waals surface area (Å²) in [6.45, 7) is 5.93. The van der Waals surface area contributed by atoms with Crippen LogP contribution in [0.3, 0.4) is 0 Å². The molecule has 1 rings (SSSR count). The summed E-state index contributed by atoms with van der Waals surface area (Å²) < 4.78 is 31.9. The van der Waals surface area contributed by atoms with E-state index in [0.717, 1.165) is 12.8 Å². The average molecular weight is 363 g/mol. The van der Waals surface area contributed by atoms with Crippen LogP contribution in [0, 0.1) is 0 Å². The van der Waals surface area contributed by atoms with Gasteiger partial charge in [0.25, 0.3) is 5.91 Å². The van der Waals surface area contributed by atoms with E-state index < -0.39 is 10.0 Å². The number of ether oxygens (including phenoxy) is 1. The Morgan fingerprint density at radius 3 is 2.61 bits per heavy atom. The molecule has 23 heavy (non-hydrogen) atoms. The van der Waals surface area contributed by atoms with Crippen molar-refractivity contribution in [1.29, 1.82) is 0 Å². The summed E-state index contributed by atoms with van der Waals surface area (Å²) in [4.78, 5) is 11.6. The van der Waals surface area contributed by atoms with Crippen LogP contribution >= 0.6 is 11.6 Å². The van der Waals surface area contributed by atoms with Crippen molar-refractivity contribution in [2.45, 2.75) is 44.6 Å². The van der Waals surface area contributed by atoms with Crippen LogP contribution in [0.5, 0.6) is 5.75 Å². The fraction of sp³-hybridized carbons (Fsp3) is 0.533. The first-order valence-corrected chi connectivity index (χ1v) is 9.33. The summed E-state index contributed by atoms with van der Waals surface area (Å²) in [6, 6.07) is 3.91. The molecule has 1 amide bonds. The third-order valence-electron chi connectivity index (χ3n) is 2.82. The van der Waals surface area contributed by atoms with E-state index in [1.54, 1.807) is 13.8 Å². The zero-order valence-electron chi connectivity index (χ0n) is 13.6. The van der Waals surface area contributed by atoms with Crippen LogP contribution < -0.4 is 14.8 Å². The Morgan fingerprint density at radius 2 is 2.04 bits per heavy atom. The van der Waals surface area contributed by atoms with Crippen LogP contribution in [0.2, 0.25) is 5.02 Å². The second-order valence-corrected chi connectivity index (χ2v) is 7.48. The molecule has 0 aliphatic carbocycles. The monoisotopic (exact) mass is 362 g/mol. The molecule has 0 heterocycles. The fourth-order valence-corrected chi connectivity index (χ4v) is 3.32. The molecule has 2 N–H and O–H groups in total. The summed E-state index contributed by atoms with van der Waals surface area (Å²) >= 11 is 6.03. The number of hydrogen-bond donors (Lipinski definition) is 2. The number of amides is 1. The van der Waals surface area contributed by atoms with Crippen LogP contribution in [0.4, 0.5) is 0 Å². The molecule has 0 unspecified atom stereocenters. The average Bonchev–Trinajstić information content (AvgIpc) is 2.44. The Hall–Kier alpha value is -1.31. The number of rotatable bonds is 9. The summed E-state index contributed by atoms with van der Waals surface area (Å²) in [7, 11) is -3.61. The second kappa shape index (κ2) is 9.10. The zero-order valence-corrected chi connectivity index (χ0v) is 15.1. The van der Waals surface area contributed by atoms with Crippen molar-refractivity contribution < 1.29 is 17.9 Å². The van der Waals surface area contributed by atoms with E-state index in [-0.39, 0.29) is 34.2 Å². The van der Waals surface area contributed by atoms with E-state index in [1.807, 2.05) is 6.92 Å². The molecule has 8 heteroatoms. The van der Waals surface area contributed by atoms with Crippen LogP contribution in [0.15, 0.2) is 23.1 Å². The third kappa shape index (κ3) is 6.76. The van der Waals surface area contributed by atoms with Crippen molar-refractivity contribution in [1.82, 2.24) is 10.0 Å². The van der Waals surface area contributed by atoms with Crippen molar-refractivity contribution in [2.24, 2.45) is 0 Å². The Labute approximate surface area is 142 Å². The quantitative estimate of drug-likeness (QED) is 0.660. The molecule has 0 aromatic heterocycles. The van der Waals surface area contributed by atoms with Crippen LogP contribution in [0.1, 0.15) is 33.6 Å². The smallest absolute Gasteiger partial charge is 0.257 e. The van der Waals surface area contributed by atoms with Crippen LogP contribution in [-0.4, -0.2) is 33.5 Å². The molecule has 0 aliphatic rings. The molecule has 0 aliphatic heterocycles. The zero-order chi connectivity index (χ0) is 17.5. The van der Waals surface area contributed by atoms with Crippen molar-refractivity contribution in [3.8, 4) is 5.75 Å². The number of sulfonamides is 1. The number of nitrogens with one attached hydrogen (secondary N) is 2. The molecule has 0 saturated carbocycles. The number of unbranched alkanes of at least 4 members (excludes halogenated alkanes) is 1. The highest BCUT2D eigenvalue weighted by Gasteiger charge is 2.17. The van der Waals surface area contributed by atoms with E-state index in [4.69, 9.17) is 16.3 Å². The third-order valence-corrected chi connectivity index (χ3v) is 4.77. The number of carbonyl (C=O) groups excluding carboxylic acids is 1. The summed E-state index contributed by atoms with van der Waals surface area (Å²) in [6.07, 6.45) is 1.90. The predicted molar refractivity (Wildman–Crippen MR) is 90.3 cm³/mol. The first-order chi connectivity index (χ1) is 10.8. The summed E-state index contributed by atoms with van der Waals surface area (Å²) in [5, 5.41) is 2.85. The van der Waals surface area contributed by atoms with Crippen molar-refractivity contribution in [3.05, 3.63) is 23.2 Å². The van der Waals surface area contributed by atoms with Crippen LogP contribution in [0.25, 0.3) is 0 Å². The van der Waals surface area contributed by atoms with Crippen LogP contribution in [-0.2, 0) is 14.8 Å². The number of hydrogen-bond acceptors (Lipinski definition) is 4. The minimum absolute atomic E-state index is 0.0518. The van der Waals surface area contributed by atoms with Crippen molar-refractivity contribution >= 4 is 27.5 Å².